The molecule has 7 nitrogen and oxygen atoms in total. The van der Waals surface area contributed by atoms with E-state index >= 15 is 0 Å². The van der Waals surface area contributed by atoms with E-state index in [9.17, 15) is 14.4 Å². The van der Waals surface area contributed by atoms with Crippen LogP contribution in [0.4, 0.5) is 11.4 Å². The van der Waals surface area contributed by atoms with Crippen molar-refractivity contribution in [1.82, 2.24) is 0 Å². The molecule has 7 heteroatoms. The Morgan fingerprint density at radius 1 is 1.00 bits per heavy atom. The van der Waals surface area contributed by atoms with Crippen LogP contribution in [0.1, 0.15) is 26.3 Å². The molecule has 2 N–H and O–H groups in total. The van der Waals surface area contributed by atoms with Gasteiger partial charge in [0.25, 0.3) is 0 Å². The van der Waals surface area contributed by atoms with E-state index in [2.05, 4.69) is 10.6 Å². The van der Waals surface area contributed by atoms with Crippen molar-refractivity contribution < 1.29 is 18.7 Å². The van der Waals surface area contributed by atoms with Gasteiger partial charge in [-0.05, 0) is 44.2 Å². The maximum absolute atomic E-state index is 13.2. The highest BCUT2D eigenvalue weighted by Gasteiger charge is 2.40. The molecule has 0 atom stereocenters. The Bertz CT molecular complexity index is 1270. The van der Waals surface area contributed by atoms with Gasteiger partial charge >= 0.3 is 5.63 Å². The monoisotopic (exact) mass is 404 g/mol. The van der Waals surface area contributed by atoms with Gasteiger partial charge in [0, 0.05) is 24.6 Å². The van der Waals surface area contributed by atoms with Crippen molar-refractivity contribution in [2.24, 2.45) is 0 Å². The standard InChI is InChI=1S/C23H20N2O5/c1-13(26)25-17-7-5-4-6-16(17)24-12-15-20-18(30-23(2,3)22(15)28)10-8-14-9-11-19(27)29-21(14)20/h4-12,24H,1-3H3,(H,25,26)/b15-12-. The molecule has 0 unspecified atom stereocenters. The lowest BCUT2D eigenvalue weighted by Crippen LogP contribution is -2.42. The van der Waals surface area contributed by atoms with Crippen molar-refractivity contribution in [2.45, 2.75) is 26.4 Å². The second-order valence-corrected chi connectivity index (χ2v) is 7.48. The summed E-state index contributed by atoms with van der Waals surface area (Å²) in [5, 5.41) is 6.52. The minimum atomic E-state index is -1.10. The van der Waals surface area contributed by atoms with Crippen LogP contribution < -0.4 is 21.0 Å². The first-order valence-electron chi connectivity index (χ1n) is 9.40. The lowest BCUT2D eigenvalue weighted by Gasteiger charge is -2.32. The number of carbonyl (C=O) groups is 2. The molecule has 2 heterocycles. The number of hydrogen-bond donors (Lipinski definition) is 2. The van der Waals surface area contributed by atoms with Crippen LogP contribution in [0.5, 0.6) is 5.75 Å². The van der Waals surface area contributed by atoms with Crippen molar-refractivity contribution in [1.29, 1.82) is 0 Å². The Morgan fingerprint density at radius 3 is 2.43 bits per heavy atom. The van der Waals surface area contributed by atoms with Gasteiger partial charge in [-0.2, -0.15) is 0 Å². The van der Waals surface area contributed by atoms with Crippen LogP contribution in [0, 0.1) is 0 Å². The van der Waals surface area contributed by atoms with Crippen LogP contribution in [0.25, 0.3) is 16.5 Å². The molecule has 1 amide bonds. The highest BCUT2D eigenvalue weighted by Crippen LogP contribution is 2.41. The van der Waals surface area contributed by atoms with Crippen molar-refractivity contribution in [2.75, 3.05) is 10.6 Å². The van der Waals surface area contributed by atoms with Gasteiger partial charge in [0.2, 0.25) is 11.7 Å². The van der Waals surface area contributed by atoms with E-state index in [1.54, 1.807) is 56.4 Å². The molecule has 0 saturated heterocycles. The highest BCUT2D eigenvalue weighted by atomic mass is 16.5. The molecule has 0 aliphatic carbocycles. The normalized spacial score (nSPS) is 16.1. The summed E-state index contributed by atoms with van der Waals surface area (Å²) in [5.74, 6) is -0.0264. The quantitative estimate of drug-likeness (QED) is 0.507. The first kappa shape index (κ1) is 19.4. The molecule has 1 aliphatic heterocycles. The second-order valence-electron chi connectivity index (χ2n) is 7.48. The number of ketones is 1. The Kier molecular flexibility index (Phi) is 4.66. The predicted octanol–water partition coefficient (Wildman–Crippen LogP) is 3.94. The lowest BCUT2D eigenvalue weighted by molar-refractivity contribution is -0.126. The zero-order chi connectivity index (χ0) is 21.5. The van der Waals surface area contributed by atoms with Gasteiger partial charge in [0.05, 0.1) is 22.5 Å². The number of amides is 1. The highest BCUT2D eigenvalue weighted by molar-refractivity contribution is 6.28. The molecule has 2 aromatic carbocycles. The molecule has 0 radical (unpaired) electrons. The number of para-hydroxylation sites is 2. The molecule has 1 aromatic heterocycles. The number of anilines is 2. The van der Waals surface area contributed by atoms with Crippen LogP contribution >= 0.6 is 0 Å². The zero-order valence-corrected chi connectivity index (χ0v) is 16.7. The summed E-state index contributed by atoms with van der Waals surface area (Å²) < 4.78 is 11.3. The van der Waals surface area contributed by atoms with E-state index < -0.39 is 11.2 Å². The van der Waals surface area contributed by atoms with E-state index in [0.717, 1.165) is 0 Å². The van der Waals surface area contributed by atoms with Crippen molar-refractivity contribution in [3.63, 3.8) is 0 Å². The molecule has 0 spiro atoms. The van der Waals surface area contributed by atoms with Crippen molar-refractivity contribution in [3.05, 3.63) is 70.7 Å². The zero-order valence-electron chi connectivity index (χ0n) is 16.7. The first-order valence-corrected chi connectivity index (χ1v) is 9.40. The molecule has 4 rings (SSSR count). The van der Waals surface area contributed by atoms with Crippen LogP contribution in [0.3, 0.4) is 0 Å². The van der Waals surface area contributed by atoms with Crippen LogP contribution in [-0.4, -0.2) is 17.3 Å². The maximum Gasteiger partial charge on any atom is 0.336 e. The van der Waals surface area contributed by atoms with E-state index in [1.807, 2.05) is 6.07 Å². The third-order valence-electron chi connectivity index (χ3n) is 4.79. The molecule has 3 aromatic rings. The van der Waals surface area contributed by atoms with Crippen molar-refractivity contribution in [3.8, 4) is 5.75 Å². The van der Waals surface area contributed by atoms with Gasteiger partial charge in [-0.1, -0.05) is 12.1 Å². The molecular formula is C23H20N2O5. The number of ether oxygens (including phenoxy) is 1. The van der Waals surface area contributed by atoms with Gasteiger partial charge in [0.1, 0.15) is 11.3 Å². The van der Waals surface area contributed by atoms with E-state index in [0.29, 0.717) is 33.6 Å². The molecular weight excluding hydrogens is 384 g/mol. The van der Waals surface area contributed by atoms with Crippen LogP contribution in [-0.2, 0) is 9.59 Å². The fourth-order valence-electron chi connectivity index (χ4n) is 3.41. The molecule has 0 bridgehead atoms. The van der Waals surface area contributed by atoms with Gasteiger partial charge in [-0.25, -0.2) is 4.79 Å². The molecule has 0 fully saturated rings. The predicted molar refractivity (Wildman–Crippen MR) is 115 cm³/mol. The van der Waals surface area contributed by atoms with Crippen molar-refractivity contribution >= 4 is 39.6 Å². The number of Topliss-reactive ketones (excluding diaryl/α,β-unsaturated/α-hetero) is 1. The number of rotatable bonds is 3. The minimum absolute atomic E-state index is 0.210. The molecule has 30 heavy (non-hydrogen) atoms. The topological polar surface area (TPSA) is 97.6 Å². The third kappa shape index (κ3) is 3.45. The Morgan fingerprint density at radius 2 is 1.70 bits per heavy atom. The van der Waals surface area contributed by atoms with Gasteiger partial charge in [-0.15, -0.1) is 0 Å². The number of nitrogens with one attached hydrogen (secondary N) is 2. The number of fused-ring (bicyclic) bond motifs is 3. The SMILES string of the molecule is CC(=O)Nc1ccccc1N/C=C1\C(=O)C(C)(C)Oc2ccc3ccc(=O)oc3c21. The lowest BCUT2D eigenvalue weighted by atomic mass is 9.87. The average Bonchev–Trinajstić information content (AvgIpc) is 2.68. The summed E-state index contributed by atoms with van der Waals surface area (Å²) in [6, 6.07) is 13.6. The van der Waals surface area contributed by atoms with Crippen LogP contribution in [0.2, 0.25) is 0 Å². The maximum atomic E-state index is 13.2. The summed E-state index contributed by atoms with van der Waals surface area (Å²) in [5.41, 5.74) is 0.590. The number of benzene rings is 2. The van der Waals surface area contributed by atoms with E-state index in [-0.39, 0.29) is 17.3 Å². The fourth-order valence-corrected chi connectivity index (χ4v) is 3.41. The Labute approximate surface area is 172 Å². The fraction of sp³-hybridized carbons (Fsp3) is 0.174. The third-order valence-corrected chi connectivity index (χ3v) is 4.79. The Balaban J connectivity index is 1.88. The minimum Gasteiger partial charge on any atom is -0.479 e. The van der Waals surface area contributed by atoms with E-state index in [1.165, 1.54) is 13.0 Å². The molecule has 1 aliphatic rings. The average molecular weight is 404 g/mol. The summed E-state index contributed by atoms with van der Waals surface area (Å²) in [4.78, 5) is 36.5. The van der Waals surface area contributed by atoms with Crippen LogP contribution in [0.15, 0.2) is 63.9 Å². The smallest absolute Gasteiger partial charge is 0.336 e. The summed E-state index contributed by atoms with van der Waals surface area (Å²) in [6.45, 7) is 4.79. The Hall–Kier alpha value is -3.87. The first-order chi connectivity index (χ1) is 14.3. The summed E-state index contributed by atoms with van der Waals surface area (Å²) in [6.07, 6.45) is 1.55. The largest absolute Gasteiger partial charge is 0.479 e. The molecule has 0 saturated carbocycles. The van der Waals surface area contributed by atoms with E-state index in [4.69, 9.17) is 9.15 Å². The second kappa shape index (κ2) is 7.18. The van der Waals surface area contributed by atoms with Gasteiger partial charge < -0.3 is 19.8 Å². The number of carbonyl (C=O) groups excluding carboxylic acids is 2. The van der Waals surface area contributed by atoms with Gasteiger partial charge in [-0.3, -0.25) is 9.59 Å². The number of hydrogen-bond acceptors (Lipinski definition) is 6. The molecule has 152 valence electrons. The summed E-state index contributed by atoms with van der Waals surface area (Å²) in [7, 11) is 0. The summed E-state index contributed by atoms with van der Waals surface area (Å²) >= 11 is 0. The van der Waals surface area contributed by atoms with Gasteiger partial charge in [0.15, 0.2) is 5.60 Å².